The lowest BCUT2D eigenvalue weighted by atomic mass is 9.80. The Morgan fingerprint density at radius 1 is 1.38 bits per heavy atom. The summed E-state index contributed by atoms with van der Waals surface area (Å²) >= 11 is 7.43. The summed E-state index contributed by atoms with van der Waals surface area (Å²) in [6.07, 6.45) is 1.78. The van der Waals surface area contributed by atoms with Crippen LogP contribution in [0, 0.1) is 5.41 Å². The van der Waals surface area contributed by atoms with Gasteiger partial charge in [-0.3, -0.25) is 0 Å². The Morgan fingerprint density at radius 2 is 2.12 bits per heavy atom. The highest BCUT2D eigenvalue weighted by molar-refractivity contribution is 7.90. The van der Waals surface area contributed by atoms with Gasteiger partial charge in [-0.05, 0) is 44.1 Å². The Balaban J connectivity index is 1.83. The van der Waals surface area contributed by atoms with Crippen molar-refractivity contribution >= 4 is 43.0 Å². The monoisotopic (exact) mass is 388 g/mol. The largest absolute Gasteiger partial charge is 0.384 e. The van der Waals surface area contributed by atoms with Crippen LogP contribution in [0.4, 0.5) is 0 Å². The summed E-state index contributed by atoms with van der Waals surface area (Å²) in [7, 11) is -1.93. The lowest BCUT2D eigenvalue weighted by Crippen LogP contribution is -2.47. The van der Waals surface area contributed by atoms with Crippen LogP contribution in [0.15, 0.2) is 28.5 Å². The van der Waals surface area contributed by atoms with Gasteiger partial charge in [-0.15, -0.1) is 11.3 Å². The van der Waals surface area contributed by atoms with E-state index in [0.717, 1.165) is 30.6 Å². The molecule has 1 aliphatic rings. The molecule has 132 valence electrons. The topological polar surface area (TPSA) is 67.4 Å². The van der Waals surface area contributed by atoms with Gasteiger partial charge >= 0.3 is 0 Å². The van der Waals surface area contributed by atoms with E-state index in [4.69, 9.17) is 16.3 Å². The summed E-state index contributed by atoms with van der Waals surface area (Å²) in [4.78, 5) is 0.298. The van der Waals surface area contributed by atoms with Gasteiger partial charge in [0.2, 0.25) is 10.0 Å². The summed E-state index contributed by atoms with van der Waals surface area (Å²) in [6.45, 7) is 2.68. The molecule has 3 rings (SSSR count). The number of hydrogen-bond acceptors (Lipinski definition) is 5. The first-order valence-corrected chi connectivity index (χ1v) is 10.6. The minimum atomic E-state index is -3.59. The summed E-state index contributed by atoms with van der Waals surface area (Å²) in [5, 5.41) is 6.19. The molecular formula is C16H21ClN2O3S2. The van der Waals surface area contributed by atoms with Crippen LogP contribution < -0.4 is 10.0 Å². The van der Waals surface area contributed by atoms with E-state index >= 15 is 0 Å². The van der Waals surface area contributed by atoms with Gasteiger partial charge < -0.3 is 10.1 Å². The molecular weight excluding hydrogens is 368 g/mol. The Bertz CT molecular complexity index is 808. The van der Waals surface area contributed by atoms with Gasteiger partial charge in [0.1, 0.15) is 4.90 Å². The van der Waals surface area contributed by atoms with Gasteiger partial charge in [0.25, 0.3) is 0 Å². The minimum Gasteiger partial charge on any atom is -0.384 e. The van der Waals surface area contributed by atoms with E-state index in [1.54, 1.807) is 24.6 Å². The molecule has 1 aromatic heterocycles. The van der Waals surface area contributed by atoms with Crippen LogP contribution in [0.3, 0.4) is 0 Å². The molecule has 24 heavy (non-hydrogen) atoms. The minimum absolute atomic E-state index is 0.156. The lowest BCUT2D eigenvalue weighted by Gasteiger charge is -2.37. The molecule has 2 aromatic rings. The second-order valence-electron chi connectivity index (χ2n) is 6.25. The van der Waals surface area contributed by atoms with E-state index < -0.39 is 10.0 Å². The zero-order valence-electron chi connectivity index (χ0n) is 13.5. The van der Waals surface area contributed by atoms with E-state index in [0.29, 0.717) is 28.5 Å². The van der Waals surface area contributed by atoms with Crippen molar-refractivity contribution in [2.75, 3.05) is 33.4 Å². The van der Waals surface area contributed by atoms with Crippen LogP contribution in [0.5, 0.6) is 0 Å². The number of rotatable bonds is 6. The Labute approximate surface area is 151 Å². The first-order valence-electron chi connectivity index (χ1n) is 7.82. The Hall–Kier alpha value is -0.700. The molecule has 0 unspecified atom stereocenters. The summed E-state index contributed by atoms with van der Waals surface area (Å²) in [5.74, 6) is 0. The maximum Gasteiger partial charge on any atom is 0.242 e. The third-order valence-electron chi connectivity index (χ3n) is 4.54. The van der Waals surface area contributed by atoms with Crippen molar-refractivity contribution < 1.29 is 13.2 Å². The number of sulfonamides is 1. The average molecular weight is 389 g/mol. The molecule has 8 heteroatoms. The standard InChI is InChI=1S/C16H21ClN2O3S2/c1-22-11-16(4-6-18-7-5-16)10-19-24(20,21)15-9-23-14-3-2-12(17)8-13(14)15/h2-3,8-9,18-19H,4-7,10-11H2,1H3. The molecule has 1 saturated heterocycles. The molecule has 2 heterocycles. The third kappa shape index (κ3) is 3.76. The number of benzene rings is 1. The van der Waals surface area contributed by atoms with Gasteiger partial charge in [0.15, 0.2) is 0 Å². The second kappa shape index (κ2) is 7.27. The van der Waals surface area contributed by atoms with Gasteiger partial charge in [0, 0.05) is 39.6 Å². The number of hydrogen-bond donors (Lipinski definition) is 2. The van der Waals surface area contributed by atoms with Crippen molar-refractivity contribution in [2.45, 2.75) is 17.7 Å². The SMILES string of the molecule is COCC1(CNS(=O)(=O)c2csc3ccc(Cl)cc23)CCNCC1. The van der Waals surface area contributed by atoms with Crippen molar-refractivity contribution in [3.05, 3.63) is 28.6 Å². The van der Waals surface area contributed by atoms with Gasteiger partial charge in [-0.1, -0.05) is 11.6 Å². The summed E-state index contributed by atoms with van der Waals surface area (Å²) < 4.78 is 34.7. The maximum atomic E-state index is 12.8. The Morgan fingerprint density at radius 3 is 2.83 bits per heavy atom. The van der Waals surface area contributed by atoms with Crippen molar-refractivity contribution in [1.29, 1.82) is 0 Å². The number of ether oxygens (including phenoxy) is 1. The molecule has 1 fully saturated rings. The molecule has 0 radical (unpaired) electrons. The molecule has 0 atom stereocenters. The zero-order chi connectivity index (χ0) is 17.2. The van der Waals surface area contributed by atoms with E-state index in [-0.39, 0.29) is 5.41 Å². The molecule has 0 amide bonds. The molecule has 0 bridgehead atoms. The highest BCUT2D eigenvalue weighted by Gasteiger charge is 2.34. The molecule has 0 spiro atoms. The summed E-state index contributed by atoms with van der Waals surface area (Å²) in [6, 6.07) is 5.32. The van der Waals surface area contributed by atoms with E-state index in [2.05, 4.69) is 10.0 Å². The normalized spacial score (nSPS) is 18.1. The second-order valence-corrected chi connectivity index (χ2v) is 9.33. The fraction of sp³-hybridized carbons (Fsp3) is 0.500. The quantitative estimate of drug-likeness (QED) is 0.798. The van der Waals surface area contributed by atoms with Crippen LogP contribution in [0.2, 0.25) is 5.02 Å². The molecule has 5 nitrogen and oxygen atoms in total. The molecule has 0 aliphatic carbocycles. The van der Waals surface area contributed by atoms with Crippen LogP contribution in [0.1, 0.15) is 12.8 Å². The van der Waals surface area contributed by atoms with Crippen LogP contribution in [-0.2, 0) is 14.8 Å². The molecule has 0 saturated carbocycles. The van der Waals surface area contributed by atoms with Gasteiger partial charge in [0.05, 0.1) is 6.61 Å². The predicted molar refractivity (Wildman–Crippen MR) is 98.4 cm³/mol. The first-order chi connectivity index (χ1) is 11.5. The van der Waals surface area contributed by atoms with Crippen molar-refractivity contribution in [3.8, 4) is 0 Å². The smallest absolute Gasteiger partial charge is 0.242 e. The highest BCUT2D eigenvalue weighted by atomic mass is 35.5. The highest BCUT2D eigenvalue weighted by Crippen LogP contribution is 2.33. The van der Waals surface area contributed by atoms with E-state index in [9.17, 15) is 8.42 Å². The third-order valence-corrected chi connectivity index (χ3v) is 7.33. The van der Waals surface area contributed by atoms with Gasteiger partial charge in [-0.2, -0.15) is 0 Å². The van der Waals surface area contributed by atoms with E-state index in [1.807, 2.05) is 6.07 Å². The zero-order valence-corrected chi connectivity index (χ0v) is 15.9. The molecule has 1 aromatic carbocycles. The number of nitrogens with one attached hydrogen (secondary N) is 2. The van der Waals surface area contributed by atoms with Gasteiger partial charge in [-0.25, -0.2) is 13.1 Å². The fourth-order valence-electron chi connectivity index (χ4n) is 3.15. The number of halogens is 1. The fourth-order valence-corrected chi connectivity index (χ4v) is 5.95. The molecule has 1 aliphatic heterocycles. The van der Waals surface area contributed by atoms with Crippen molar-refractivity contribution in [1.82, 2.24) is 10.0 Å². The number of piperidine rings is 1. The number of thiophene rings is 1. The average Bonchev–Trinajstić information content (AvgIpc) is 2.98. The van der Waals surface area contributed by atoms with Crippen molar-refractivity contribution in [3.63, 3.8) is 0 Å². The number of methoxy groups -OCH3 is 1. The predicted octanol–water partition coefficient (Wildman–Crippen LogP) is 2.85. The van der Waals surface area contributed by atoms with Crippen LogP contribution >= 0.6 is 22.9 Å². The van der Waals surface area contributed by atoms with Crippen LogP contribution in [0.25, 0.3) is 10.1 Å². The summed E-state index contributed by atoms with van der Waals surface area (Å²) in [5.41, 5.74) is -0.156. The molecule has 2 N–H and O–H groups in total. The van der Waals surface area contributed by atoms with E-state index in [1.165, 1.54) is 11.3 Å². The number of fused-ring (bicyclic) bond motifs is 1. The van der Waals surface area contributed by atoms with Crippen molar-refractivity contribution in [2.24, 2.45) is 5.41 Å². The Kier molecular flexibility index (Phi) is 5.48. The maximum absolute atomic E-state index is 12.8. The van der Waals surface area contributed by atoms with Crippen LogP contribution in [-0.4, -0.2) is 41.8 Å². The lowest BCUT2D eigenvalue weighted by molar-refractivity contribution is 0.0577. The first kappa shape index (κ1) is 18.1.